The predicted octanol–water partition coefficient (Wildman–Crippen LogP) is 0.773. The highest BCUT2D eigenvalue weighted by Gasteiger charge is 1.99. The molecule has 0 aromatic heterocycles. The Morgan fingerprint density at radius 3 is 1.88 bits per heavy atom. The summed E-state index contributed by atoms with van der Waals surface area (Å²) in [5, 5.41) is 10.3. The van der Waals surface area contributed by atoms with Crippen molar-refractivity contribution in [3.05, 3.63) is 0 Å². The summed E-state index contributed by atoms with van der Waals surface area (Å²) >= 11 is 0. The molecule has 0 fully saturated rings. The third-order valence-corrected chi connectivity index (χ3v) is 0.605. The molecule has 0 N–H and O–H groups in total. The molecule has 49 valence electrons. The second-order valence-corrected chi connectivity index (χ2v) is 1.20. The smallest absolute Gasteiger partial charge is 0.301 e. The molecular formula is C5H11O3. The summed E-state index contributed by atoms with van der Waals surface area (Å²) in [5.41, 5.74) is 0. The molecule has 0 aliphatic rings. The standard InChI is InChI=1S/C5H11O3/c1-3-7-5(6)8-4-2/h5H,3-4H2,1-2H3. The van der Waals surface area contributed by atoms with Gasteiger partial charge in [0.25, 0.3) is 0 Å². The van der Waals surface area contributed by atoms with Gasteiger partial charge in [0.1, 0.15) is 0 Å². The molecule has 0 aromatic rings. The highest BCUT2D eigenvalue weighted by molar-refractivity contribution is 4.15. The van der Waals surface area contributed by atoms with Crippen LogP contribution in [0.25, 0.3) is 0 Å². The maximum absolute atomic E-state index is 10.3. The SMILES string of the molecule is CCOC([O])OCC. The molecule has 1 radical (unpaired) electrons. The normalized spacial score (nSPS) is 10.5. The molecule has 0 bridgehead atoms. The Morgan fingerprint density at radius 1 is 1.25 bits per heavy atom. The topological polar surface area (TPSA) is 38.4 Å². The van der Waals surface area contributed by atoms with Crippen LogP contribution in [-0.2, 0) is 14.6 Å². The van der Waals surface area contributed by atoms with E-state index in [0.717, 1.165) is 0 Å². The maximum atomic E-state index is 10.3. The summed E-state index contributed by atoms with van der Waals surface area (Å²) in [7, 11) is 0. The van der Waals surface area contributed by atoms with E-state index < -0.39 is 6.48 Å². The van der Waals surface area contributed by atoms with Gasteiger partial charge >= 0.3 is 6.48 Å². The summed E-state index contributed by atoms with van der Waals surface area (Å²) in [4.78, 5) is 0. The largest absolute Gasteiger partial charge is 0.328 e. The fourth-order valence-electron chi connectivity index (χ4n) is 0.320. The second kappa shape index (κ2) is 5.03. The number of rotatable bonds is 4. The lowest BCUT2D eigenvalue weighted by Gasteiger charge is -2.05. The van der Waals surface area contributed by atoms with Gasteiger partial charge < -0.3 is 9.47 Å². The molecule has 0 atom stereocenters. The van der Waals surface area contributed by atoms with Crippen molar-refractivity contribution in [2.24, 2.45) is 0 Å². The molecule has 0 saturated heterocycles. The lowest BCUT2D eigenvalue weighted by atomic mass is 10.8. The third-order valence-electron chi connectivity index (χ3n) is 0.605. The van der Waals surface area contributed by atoms with Gasteiger partial charge in [-0.05, 0) is 13.8 Å². The summed E-state index contributed by atoms with van der Waals surface area (Å²) in [6.07, 6.45) is 0. The van der Waals surface area contributed by atoms with Crippen molar-refractivity contribution in [1.82, 2.24) is 0 Å². The Hall–Kier alpha value is -0.120. The number of hydrogen-bond acceptors (Lipinski definition) is 2. The van der Waals surface area contributed by atoms with Crippen molar-refractivity contribution in [3.8, 4) is 0 Å². The summed E-state index contributed by atoms with van der Waals surface area (Å²) in [6, 6.07) is 0. The lowest BCUT2D eigenvalue weighted by Crippen LogP contribution is -2.13. The third kappa shape index (κ3) is 4.05. The zero-order chi connectivity index (χ0) is 6.41. The van der Waals surface area contributed by atoms with E-state index in [1.807, 2.05) is 0 Å². The van der Waals surface area contributed by atoms with E-state index >= 15 is 0 Å². The highest BCUT2D eigenvalue weighted by Crippen LogP contribution is 1.88. The van der Waals surface area contributed by atoms with E-state index in [1.165, 1.54) is 0 Å². The first-order valence-corrected chi connectivity index (χ1v) is 2.70. The van der Waals surface area contributed by atoms with Crippen LogP contribution in [0.15, 0.2) is 0 Å². The van der Waals surface area contributed by atoms with Gasteiger partial charge in [-0.15, -0.1) is 0 Å². The number of ether oxygens (including phenoxy) is 2. The van der Waals surface area contributed by atoms with Gasteiger partial charge in [0.2, 0.25) is 0 Å². The molecule has 3 heteroatoms. The molecular weight excluding hydrogens is 108 g/mol. The molecule has 0 aliphatic carbocycles. The van der Waals surface area contributed by atoms with Crippen LogP contribution in [0.4, 0.5) is 0 Å². The van der Waals surface area contributed by atoms with Crippen LogP contribution in [0.5, 0.6) is 0 Å². The summed E-state index contributed by atoms with van der Waals surface area (Å²) in [5.74, 6) is 0. The quantitative estimate of drug-likeness (QED) is 0.513. The zero-order valence-electron chi connectivity index (χ0n) is 5.22. The van der Waals surface area contributed by atoms with Crippen molar-refractivity contribution in [1.29, 1.82) is 0 Å². The minimum atomic E-state index is -1.29. The van der Waals surface area contributed by atoms with Crippen LogP contribution >= 0.6 is 0 Å². The average molecular weight is 119 g/mol. The van der Waals surface area contributed by atoms with Crippen molar-refractivity contribution >= 4 is 0 Å². The fourth-order valence-corrected chi connectivity index (χ4v) is 0.320. The molecule has 0 unspecified atom stereocenters. The van der Waals surface area contributed by atoms with Crippen LogP contribution in [0, 0.1) is 0 Å². The molecule has 0 amide bonds. The highest BCUT2D eigenvalue weighted by atomic mass is 16.8. The molecule has 0 aliphatic heterocycles. The second-order valence-electron chi connectivity index (χ2n) is 1.20. The monoisotopic (exact) mass is 119 g/mol. The molecule has 0 spiro atoms. The van der Waals surface area contributed by atoms with Crippen LogP contribution in [-0.4, -0.2) is 19.7 Å². The van der Waals surface area contributed by atoms with Crippen LogP contribution in [0.3, 0.4) is 0 Å². The first-order valence-electron chi connectivity index (χ1n) is 2.70. The van der Waals surface area contributed by atoms with E-state index in [-0.39, 0.29) is 0 Å². The van der Waals surface area contributed by atoms with Gasteiger partial charge in [0, 0.05) is 13.2 Å². The zero-order valence-corrected chi connectivity index (χ0v) is 5.22. The maximum Gasteiger partial charge on any atom is 0.301 e. The molecule has 0 heterocycles. The predicted molar refractivity (Wildman–Crippen MR) is 27.7 cm³/mol. The Labute approximate surface area is 49.2 Å². The van der Waals surface area contributed by atoms with Crippen molar-refractivity contribution in [3.63, 3.8) is 0 Å². The van der Waals surface area contributed by atoms with Gasteiger partial charge in [0.05, 0.1) is 0 Å². The van der Waals surface area contributed by atoms with E-state index in [9.17, 15) is 5.11 Å². The van der Waals surface area contributed by atoms with Gasteiger partial charge in [0.15, 0.2) is 0 Å². The van der Waals surface area contributed by atoms with Crippen LogP contribution in [0.2, 0.25) is 0 Å². The Bertz CT molecular complexity index is 40.9. The van der Waals surface area contributed by atoms with E-state index in [2.05, 4.69) is 9.47 Å². The van der Waals surface area contributed by atoms with E-state index in [0.29, 0.717) is 13.2 Å². The minimum absolute atomic E-state index is 0.411. The number of hydrogen-bond donors (Lipinski definition) is 0. The Morgan fingerprint density at radius 2 is 1.62 bits per heavy atom. The molecule has 0 rings (SSSR count). The van der Waals surface area contributed by atoms with Crippen molar-refractivity contribution in [2.45, 2.75) is 20.3 Å². The Balaban J connectivity index is 2.92. The van der Waals surface area contributed by atoms with Gasteiger partial charge in [-0.1, -0.05) is 0 Å². The Kier molecular flexibility index (Phi) is 4.95. The summed E-state index contributed by atoms with van der Waals surface area (Å²) in [6.45, 7) is 3.04. The summed E-state index contributed by atoms with van der Waals surface area (Å²) < 4.78 is 9.01. The van der Waals surface area contributed by atoms with Gasteiger partial charge in [-0.25, -0.2) is 0 Å². The van der Waals surface area contributed by atoms with Crippen LogP contribution < -0.4 is 0 Å². The first-order chi connectivity index (χ1) is 3.81. The fraction of sp³-hybridized carbons (Fsp3) is 1.00. The van der Waals surface area contributed by atoms with E-state index in [4.69, 9.17) is 0 Å². The molecule has 0 aromatic carbocycles. The van der Waals surface area contributed by atoms with Crippen molar-refractivity contribution in [2.75, 3.05) is 13.2 Å². The van der Waals surface area contributed by atoms with Crippen LogP contribution in [0.1, 0.15) is 13.8 Å². The average Bonchev–Trinajstić information content (AvgIpc) is 1.68. The minimum Gasteiger partial charge on any atom is -0.328 e. The lowest BCUT2D eigenvalue weighted by molar-refractivity contribution is -0.288. The molecule has 3 nitrogen and oxygen atoms in total. The molecule has 8 heavy (non-hydrogen) atoms. The van der Waals surface area contributed by atoms with Gasteiger partial charge in [-0.3, -0.25) is 0 Å². The van der Waals surface area contributed by atoms with Crippen molar-refractivity contribution < 1.29 is 14.6 Å². The first kappa shape index (κ1) is 7.88. The van der Waals surface area contributed by atoms with Gasteiger partial charge in [-0.2, -0.15) is 5.11 Å². The molecule has 0 saturated carbocycles. The van der Waals surface area contributed by atoms with E-state index in [1.54, 1.807) is 13.8 Å².